The van der Waals surface area contributed by atoms with Crippen LogP contribution < -0.4 is 9.62 Å². The molecule has 2 amide bonds. The highest BCUT2D eigenvalue weighted by atomic mass is 32.2. The first-order chi connectivity index (χ1) is 15.5. The molecule has 0 unspecified atom stereocenters. The summed E-state index contributed by atoms with van der Waals surface area (Å²) in [5.74, 6) is -0.959. The van der Waals surface area contributed by atoms with E-state index < -0.39 is 16.1 Å². The van der Waals surface area contributed by atoms with E-state index in [1.54, 1.807) is 49.4 Å². The van der Waals surface area contributed by atoms with Gasteiger partial charge < -0.3 is 10.2 Å². The summed E-state index contributed by atoms with van der Waals surface area (Å²) >= 11 is 0. The van der Waals surface area contributed by atoms with E-state index in [2.05, 4.69) is 5.32 Å². The van der Waals surface area contributed by atoms with Gasteiger partial charge >= 0.3 is 0 Å². The molecule has 0 aliphatic rings. The maximum Gasteiger partial charge on any atom is 0.242 e. The van der Waals surface area contributed by atoms with Gasteiger partial charge in [0.1, 0.15) is 11.9 Å². The number of nitrogens with one attached hydrogen (secondary N) is 1. The second kappa shape index (κ2) is 11.8. The highest BCUT2D eigenvalue weighted by Gasteiger charge is 2.27. The van der Waals surface area contributed by atoms with Crippen LogP contribution in [-0.4, -0.2) is 50.0 Å². The molecule has 2 aromatic rings. The predicted molar refractivity (Wildman–Crippen MR) is 128 cm³/mol. The second-order valence-corrected chi connectivity index (χ2v) is 10.2. The molecular weight excluding hydrogens is 445 g/mol. The minimum absolute atomic E-state index is 0.0549. The number of amides is 2. The third-order valence-electron chi connectivity index (χ3n) is 5.06. The first-order valence-electron chi connectivity index (χ1n) is 10.9. The van der Waals surface area contributed by atoms with E-state index in [4.69, 9.17) is 0 Å². The van der Waals surface area contributed by atoms with Crippen LogP contribution >= 0.6 is 0 Å². The third-order valence-corrected chi connectivity index (χ3v) is 6.25. The van der Waals surface area contributed by atoms with Gasteiger partial charge in [-0.05, 0) is 57.0 Å². The highest BCUT2D eigenvalue weighted by molar-refractivity contribution is 7.92. The lowest BCUT2D eigenvalue weighted by atomic mass is 10.1. The molecule has 1 atom stereocenters. The fourth-order valence-corrected chi connectivity index (χ4v) is 4.34. The molecule has 7 nitrogen and oxygen atoms in total. The Balaban J connectivity index is 2.14. The molecular formula is C24H32FN3O4S. The number of halogens is 1. The van der Waals surface area contributed by atoms with Crippen molar-refractivity contribution in [2.24, 2.45) is 0 Å². The van der Waals surface area contributed by atoms with Crippen LogP contribution in [0.1, 0.15) is 39.2 Å². The number of hydrogen-bond donors (Lipinski definition) is 1. The topological polar surface area (TPSA) is 86.8 Å². The zero-order valence-corrected chi connectivity index (χ0v) is 20.3. The molecule has 9 heteroatoms. The summed E-state index contributed by atoms with van der Waals surface area (Å²) in [5, 5.41) is 2.81. The lowest BCUT2D eigenvalue weighted by Crippen LogP contribution is -2.49. The van der Waals surface area contributed by atoms with Crippen LogP contribution in [0.4, 0.5) is 10.1 Å². The summed E-state index contributed by atoms with van der Waals surface area (Å²) in [7, 11) is -3.52. The van der Waals surface area contributed by atoms with Crippen molar-refractivity contribution in [1.29, 1.82) is 0 Å². The molecule has 2 aromatic carbocycles. The molecule has 0 aliphatic heterocycles. The maximum absolute atomic E-state index is 13.3. The molecule has 0 radical (unpaired) electrons. The van der Waals surface area contributed by atoms with Crippen molar-refractivity contribution >= 4 is 27.5 Å². The first kappa shape index (κ1) is 26.3. The van der Waals surface area contributed by atoms with Gasteiger partial charge in [0.15, 0.2) is 0 Å². The zero-order chi connectivity index (χ0) is 24.6. The van der Waals surface area contributed by atoms with Gasteiger partial charge in [0.2, 0.25) is 21.8 Å². The monoisotopic (exact) mass is 477 g/mol. The number of sulfonamides is 1. The number of rotatable bonds is 11. The Morgan fingerprint density at radius 2 is 1.61 bits per heavy atom. The lowest BCUT2D eigenvalue weighted by Gasteiger charge is -2.30. The van der Waals surface area contributed by atoms with Crippen LogP contribution in [0.15, 0.2) is 54.6 Å². The summed E-state index contributed by atoms with van der Waals surface area (Å²) in [6, 6.07) is 13.6. The quantitative estimate of drug-likeness (QED) is 0.538. The number of anilines is 1. The summed E-state index contributed by atoms with van der Waals surface area (Å²) in [6.07, 6.45) is 1.46. The zero-order valence-electron chi connectivity index (χ0n) is 19.5. The van der Waals surface area contributed by atoms with Gasteiger partial charge in [-0.2, -0.15) is 0 Å². The Bertz CT molecular complexity index is 1030. The van der Waals surface area contributed by atoms with Crippen molar-refractivity contribution in [2.75, 3.05) is 17.1 Å². The van der Waals surface area contributed by atoms with Crippen LogP contribution in [0.2, 0.25) is 0 Å². The Labute approximate surface area is 195 Å². The standard InChI is InChI=1S/C24H32FN3O4S/c1-18(2)26-24(30)19(3)27(17-20-12-14-21(25)15-13-20)23(29)11-8-16-28(33(4,31)32)22-9-6-5-7-10-22/h5-7,9-10,12-15,18-19H,8,11,16-17H2,1-4H3,(H,26,30)/t19-/m1/s1. The van der Waals surface area contributed by atoms with E-state index in [0.717, 1.165) is 6.26 Å². The molecule has 0 heterocycles. The summed E-state index contributed by atoms with van der Waals surface area (Å²) in [5.41, 5.74) is 1.22. The van der Waals surface area contributed by atoms with E-state index in [1.807, 2.05) is 13.8 Å². The van der Waals surface area contributed by atoms with Gasteiger partial charge in [-0.15, -0.1) is 0 Å². The molecule has 0 aliphatic carbocycles. The first-order valence-corrected chi connectivity index (χ1v) is 12.7. The lowest BCUT2D eigenvalue weighted by molar-refractivity contribution is -0.140. The Kier molecular flexibility index (Phi) is 9.40. The van der Waals surface area contributed by atoms with Crippen LogP contribution in [0.5, 0.6) is 0 Å². The van der Waals surface area contributed by atoms with E-state index in [-0.39, 0.29) is 49.6 Å². The number of para-hydroxylation sites is 1. The van der Waals surface area contributed by atoms with Crippen molar-refractivity contribution in [2.45, 2.75) is 52.2 Å². The summed E-state index contributed by atoms with van der Waals surface area (Å²) < 4.78 is 39.1. The summed E-state index contributed by atoms with van der Waals surface area (Å²) in [4.78, 5) is 27.2. The van der Waals surface area contributed by atoms with Gasteiger partial charge in [0.25, 0.3) is 0 Å². The van der Waals surface area contributed by atoms with Crippen LogP contribution in [-0.2, 0) is 26.2 Å². The fourth-order valence-electron chi connectivity index (χ4n) is 3.37. The number of hydrogen-bond acceptors (Lipinski definition) is 4. The van der Waals surface area contributed by atoms with Gasteiger partial charge in [-0.25, -0.2) is 12.8 Å². The molecule has 0 fully saturated rings. The van der Waals surface area contributed by atoms with E-state index in [0.29, 0.717) is 11.3 Å². The molecule has 0 aromatic heterocycles. The van der Waals surface area contributed by atoms with Crippen LogP contribution in [0, 0.1) is 5.82 Å². The van der Waals surface area contributed by atoms with E-state index >= 15 is 0 Å². The van der Waals surface area contributed by atoms with Gasteiger partial charge in [-0.3, -0.25) is 13.9 Å². The molecule has 33 heavy (non-hydrogen) atoms. The Hall–Kier alpha value is -2.94. The fraction of sp³-hybridized carbons (Fsp3) is 0.417. The Morgan fingerprint density at radius 3 is 2.15 bits per heavy atom. The van der Waals surface area contributed by atoms with Crippen LogP contribution in [0.25, 0.3) is 0 Å². The van der Waals surface area contributed by atoms with E-state index in [1.165, 1.54) is 21.3 Å². The smallest absolute Gasteiger partial charge is 0.242 e. The normalized spacial score (nSPS) is 12.3. The van der Waals surface area contributed by atoms with Crippen LogP contribution in [0.3, 0.4) is 0 Å². The van der Waals surface area contributed by atoms with Crippen molar-refractivity contribution in [3.8, 4) is 0 Å². The number of carbonyl (C=O) groups excluding carboxylic acids is 2. The second-order valence-electron chi connectivity index (χ2n) is 8.26. The maximum atomic E-state index is 13.3. The van der Waals surface area contributed by atoms with Gasteiger partial charge in [0, 0.05) is 25.6 Å². The molecule has 180 valence electrons. The van der Waals surface area contributed by atoms with Crippen molar-refractivity contribution < 1.29 is 22.4 Å². The molecule has 0 bridgehead atoms. The number of benzene rings is 2. The van der Waals surface area contributed by atoms with E-state index in [9.17, 15) is 22.4 Å². The minimum Gasteiger partial charge on any atom is -0.352 e. The summed E-state index contributed by atoms with van der Waals surface area (Å²) in [6.45, 7) is 5.58. The predicted octanol–water partition coefficient (Wildman–Crippen LogP) is 3.31. The molecule has 0 spiro atoms. The average molecular weight is 478 g/mol. The average Bonchev–Trinajstić information content (AvgIpc) is 2.75. The number of carbonyl (C=O) groups is 2. The minimum atomic E-state index is -3.52. The molecule has 1 N–H and O–H groups in total. The SMILES string of the molecule is CC(C)NC(=O)[C@@H](C)N(Cc1ccc(F)cc1)C(=O)CCCN(c1ccccc1)S(C)(=O)=O. The van der Waals surface area contributed by atoms with Gasteiger partial charge in [0.05, 0.1) is 11.9 Å². The third kappa shape index (κ3) is 8.16. The largest absolute Gasteiger partial charge is 0.352 e. The highest BCUT2D eigenvalue weighted by Crippen LogP contribution is 2.18. The van der Waals surface area contributed by atoms with Gasteiger partial charge in [-0.1, -0.05) is 30.3 Å². The number of nitrogens with zero attached hydrogens (tertiary/aromatic N) is 2. The molecule has 2 rings (SSSR count). The van der Waals surface area contributed by atoms with Crippen molar-refractivity contribution in [3.05, 3.63) is 66.0 Å². The molecule has 0 saturated heterocycles. The Morgan fingerprint density at radius 1 is 1.00 bits per heavy atom. The van der Waals surface area contributed by atoms with Crippen molar-refractivity contribution in [1.82, 2.24) is 10.2 Å². The van der Waals surface area contributed by atoms with Crippen molar-refractivity contribution in [3.63, 3.8) is 0 Å². The molecule has 0 saturated carbocycles.